The van der Waals surface area contributed by atoms with Gasteiger partial charge in [-0.3, -0.25) is 4.68 Å². The third-order valence-corrected chi connectivity index (χ3v) is 10.1. The zero-order chi connectivity index (χ0) is 35.7. The predicted molar refractivity (Wildman–Crippen MR) is 206 cm³/mol. The Morgan fingerprint density at radius 3 is 2.24 bits per heavy atom. The first-order chi connectivity index (χ1) is 23.6. The first-order valence-electron chi connectivity index (χ1n) is 18.0. The third-order valence-electron chi connectivity index (χ3n) is 10.1. The van der Waals surface area contributed by atoms with Gasteiger partial charge in [0.05, 0.1) is 11.4 Å². The van der Waals surface area contributed by atoms with Gasteiger partial charge in [-0.05, 0) is 66.9 Å². The Hall–Kier alpha value is -3.95. The summed E-state index contributed by atoms with van der Waals surface area (Å²) in [5.74, 6) is 3.55. The van der Waals surface area contributed by atoms with Gasteiger partial charge in [-0.2, -0.15) is 16.7 Å². The molecule has 0 bridgehead atoms. The van der Waals surface area contributed by atoms with Crippen LogP contribution in [0.5, 0.6) is 11.5 Å². The maximum absolute atomic E-state index is 6.64. The van der Waals surface area contributed by atoms with Gasteiger partial charge in [0.15, 0.2) is 0 Å². The van der Waals surface area contributed by atoms with E-state index < -0.39 is 0 Å². The molecule has 0 N–H and O–H groups in total. The molecule has 1 aliphatic rings. The predicted octanol–water partition coefficient (Wildman–Crippen LogP) is 11.7. The maximum Gasteiger partial charge on any atom is 2.00 e. The van der Waals surface area contributed by atoms with Crippen LogP contribution in [0.4, 0.5) is 0 Å². The van der Waals surface area contributed by atoms with Crippen LogP contribution >= 0.6 is 0 Å². The normalized spacial score (nSPS) is 18.2. The summed E-state index contributed by atoms with van der Waals surface area (Å²) < 4.78 is 11.0. The average Bonchev–Trinajstić information content (AvgIpc) is 3.57. The summed E-state index contributed by atoms with van der Waals surface area (Å²) >= 11 is 0. The summed E-state index contributed by atoms with van der Waals surface area (Å²) in [6.07, 6.45) is 5.52. The molecule has 0 saturated carbocycles. The van der Waals surface area contributed by atoms with Crippen LogP contribution < -0.4 is 4.74 Å². The minimum Gasteiger partial charge on any atom is -0.509 e. The summed E-state index contributed by atoms with van der Waals surface area (Å²) in [6, 6.07) is 28.2. The van der Waals surface area contributed by atoms with Crippen LogP contribution in [0.25, 0.3) is 33.3 Å². The summed E-state index contributed by atoms with van der Waals surface area (Å²) in [4.78, 5) is 4.74. The molecule has 1 unspecified atom stereocenters. The van der Waals surface area contributed by atoms with Gasteiger partial charge >= 0.3 is 21.1 Å². The minimum absolute atomic E-state index is 0. The molecule has 0 aliphatic heterocycles. The fraction of sp³-hybridized carbons (Fsp3) is 0.378. The topological polar surface area (TPSA) is 44.9 Å². The zero-order valence-electron chi connectivity index (χ0n) is 31.9. The molecule has 3 atom stereocenters. The summed E-state index contributed by atoms with van der Waals surface area (Å²) in [6.45, 7) is 25.1. The number of rotatable bonds is 5. The Balaban J connectivity index is 0.00000448. The fourth-order valence-corrected chi connectivity index (χ4v) is 8.24. The van der Waals surface area contributed by atoms with E-state index in [-0.39, 0.29) is 31.9 Å². The van der Waals surface area contributed by atoms with Crippen LogP contribution in [0.15, 0.2) is 78.5 Å². The number of aromatic nitrogens is 4. The summed E-state index contributed by atoms with van der Waals surface area (Å²) in [5, 5.41) is 7.73. The second-order valence-corrected chi connectivity index (χ2v) is 16.7. The molecule has 51 heavy (non-hydrogen) atoms. The molecule has 266 valence electrons. The van der Waals surface area contributed by atoms with Crippen molar-refractivity contribution >= 4 is 21.8 Å². The van der Waals surface area contributed by atoms with E-state index in [2.05, 4.69) is 146 Å². The summed E-state index contributed by atoms with van der Waals surface area (Å²) in [5.41, 5.74) is 10.1. The second-order valence-electron chi connectivity index (χ2n) is 16.7. The van der Waals surface area contributed by atoms with Gasteiger partial charge in [-0.1, -0.05) is 97.7 Å². The van der Waals surface area contributed by atoms with E-state index in [1.54, 1.807) is 0 Å². The Morgan fingerprint density at radius 1 is 0.804 bits per heavy atom. The quantitative estimate of drug-likeness (QED) is 0.128. The van der Waals surface area contributed by atoms with Crippen LogP contribution in [0, 0.1) is 37.8 Å². The second kappa shape index (κ2) is 13.5. The Kier molecular flexibility index (Phi) is 9.78. The van der Waals surface area contributed by atoms with E-state index in [0.29, 0.717) is 29.3 Å². The molecule has 3 aromatic heterocycles. The van der Waals surface area contributed by atoms with Gasteiger partial charge < -0.3 is 9.30 Å². The number of hydrogen-bond donors (Lipinski definition) is 0. The molecule has 5 nitrogen and oxygen atoms in total. The Morgan fingerprint density at radius 2 is 1.55 bits per heavy atom. The van der Waals surface area contributed by atoms with E-state index in [9.17, 15) is 0 Å². The van der Waals surface area contributed by atoms with Crippen molar-refractivity contribution in [2.45, 2.75) is 99.3 Å². The van der Waals surface area contributed by atoms with Crippen LogP contribution in [0.3, 0.4) is 0 Å². The number of hydrogen-bond acceptors (Lipinski definition) is 3. The molecule has 0 radical (unpaired) electrons. The fourth-order valence-electron chi connectivity index (χ4n) is 8.24. The standard InChI is InChI=1S/C45H50N4O.Pt/c1-27-18-19-46-39(24-27)48-37-15-13-12-14-35(37)36-17-16-33(26-38(36)48)50-34-23-29(3)22-32(25-34)49-43(45(9,10)11)41(42(47-49)44(6,7)8)40-30(4)20-28(2)21-31(40)5;/h12-20,22-24,28,31,40H,21H2,1-11H3;/q-2;+2/t28-,31-,40?;/m0./s1. The van der Waals surface area contributed by atoms with E-state index >= 15 is 0 Å². The van der Waals surface area contributed by atoms with Crippen LogP contribution in [0.2, 0.25) is 0 Å². The van der Waals surface area contributed by atoms with Crippen LogP contribution in [-0.2, 0) is 31.9 Å². The van der Waals surface area contributed by atoms with Crippen molar-refractivity contribution in [1.29, 1.82) is 0 Å². The van der Waals surface area contributed by atoms with E-state index in [1.807, 2.05) is 24.4 Å². The molecule has 6 aromatic rings. The molecule has 3 heterocycles. The number of para-hydroxylation sites is 1. The van der Waals surface area contributed by atoms with Gasteiger partial charge in [-0.25, -0.2) is 4.98 Å². The van der Waals surface area contributed by atoms with E-state index in [1.165, 1.54) is 23.3 Å². The summed E-state index contributed by atoms with van der Waals surface area (Å²) in [7, 11) is 0. The Bertz CT molecular complexity index is 2280. The number of pyridine rings is 1. The van der Waals surface area contributed by atoms with Gasteiger partial charge in [0, 0.05) is 45.5 Å². The number of aryl methyl sites for hydroxylation is 2. The van der Waals surface area contributed by atoms with Crippen molar-refractivity contribution in [3.63, 3.8) is 0 Å². The molecule has 0 saturated heterocycles. The number of nitrogens with zero attached hydrogens (tertiary/aromatic N) is 4. The molecule has 1 aliphatic carbocycles. The minimum atomic E-state index is -0.163. The van der Waals surface area contributed by atoms with Crippen molar-refractivity contribution in [3.8, 4) is 23.0 Å². The van der Waals surface area contributed by atoms with Gasteiger partial charge in [0.2, 0.25) is 0 Å². The zero-order valence-corrected chi connectivity index (χ0v) is 34.2. The third kappa shape index (κ3) is 6.87. The number of fused-ring (bicyclic) bond motifs is 3. The van der Waals surface area contributed by atoms with Gasteiger partial charge in [0.25, 0.3) is 0 Å². The largest absolute Gasteiger partial charge is 2.00 e. The smallest absolute Gasteiger partial charge is 0.509 e. The molecule has 0 amide bonds. The first kappa shape index (κ1) is 36.8. The average molecular weight is 858 g/mol. The molecule has 7 rings (SSSR count). The molecular weight excluding hydrogens is 808 g/mol. The van der Waals surface area contributed by atoms with Gasteiger partial charge in [0.1, 0.15) is 5.82 Å². The molecule has 3 aromatic carbocycles. The van der Waals surface area contributed by atoms with Gasteiger partial charge in [-0.15, -0.1) is 35.7 Å². The maximum atomic E-state index is 6.64. The van der Waals surface area contributed by atoms with E-state index in [4.69, 9.17) is 14.8 Å². The molecule has 0 spiro atoms. The van der Waals surface area contributed by atoms with Crippen LogP contribution in [0.1, 0.15) is 103 Å². The number of benzene rings is 3. The van der Waals surface area contributed by atoms with E-state index in [0.717, 1.165) is 50.1 Å². The molecular formula is C45H50N4OPt. The molecule has 6 heteroatoms. The van der Waals surface area contributed by atoms with Crippen molar-refractivity contribution in [3.05, 3.63) is 119 Å². The Labute approximate surface area is 318 Å². The number of allylic oxidation sites excluding steroid dienone is 2. The van der Waals surface area contributed by atoms with Crippen molar-refractivity contribution in [2.75, 3.05) is 0 Å². The van der Waals surface area contributed by atoms with Crippen molar-refractivity contribution < 1.29 is 25.8 Å². The number of ether oxygens (including phenoxy) is 1. The monoisotopic (exact) mass is 857 g/mol. The molecule has 0 fully saturated rings. The first-order valence-corrected chi connectivity index (χ1v) is 18.0. The SMILES string of the molecule is CC1=C[C@H](C)C[C@H](C)C1c1c(C(C)(C)C)nn(-c2[c-]c(Oc3[c-]c4c(cc3)c3ccccc3n4-c3cc(C)ccn3)cc(C)c2)c1C(C)(C)C.[Pt+2]. The van der Waals surface area contributed by atoms with Crippen molar-refractivity contribution in [2.24, 2.45) is 11.8 Å². The van der Waals surface area contributed by atoms with Crippen LogP contribution in [-0.4, -0.2) is 19.3 Å². The van der Waals surface area contributed by atoms with Crippen molar-refractivity contribution in [1.82, 2.24) is 19.3 Å².